The molecule has 0 N–H and O–H groups in total. The van der Waals surface area contributed by atoms with Gasteiger partial charge in [0.25, 0.3) is 0 Å². The summed E-state index contributed by atoms with van der Waals surface area (Å²) in [5, 5.41) is 0. The largest absolute Gasteiger partial charge is 0.385 e. The molecule has 0 aromatic heterocycles. The monoisotopic (exact) mass is 232 g/mol. The highest BCUT2D eigenvalue weighted by Crippen LogP contribution is 1.99. The number of unbranched alkanes of at least 4 members (excludes halogenated alkanes) is 2. The molecule has 3 nitrogen and oxygen atoms in total. The molecule has 1 unspecified atom stereocenters. The van der Waals surface area contributed by atoms with Gasteiger partial charge in [-0.2, -0.15) is 0 Å². The van der Waals surface area contributed by atoms with Gasteiger partial charge < -0.3 is 14.3 Å². The van der Waals surface area contributed by atoms with Crippen molar-refractivity contribution in [1.29, 1.82) is 0 Å². The number of methoxy groups -OCH3 is 2. The van der Waals surface area contributed by atoms with Crippen molar-refractivity contribution in [1.82, 2.24) is 0 Å². The number of Topliss-reactive ketones (excluding diaryl/α,β-unsaturated/α-hetero) is 1. The lowest BCUT2D eigenvalue weighted by Crippen LogP contribution is -2.00. The fourth-order valence-corrected chi connectivity index (χ4v) is 0.964. The van der Waals surface area contributed by atoms with E-state index in [0.717, 1.165) is 38.7 Å². The third kappa shape index (κ3) is 19.2. The van der Waals surface area contributed by atoms with E-state index in [9.17, 15) is 4.79 Å². The highest BCUT2D eigenvalue weighted by Gasteiger charge is 1.92. The molecule has 0 radical (unpaired) electrons. The molecule has 0 aliphatic rings. The highest BCUT2D eigenvalue weighted by molar-refractivity contribution is 5.75. The van der Waals surface area contributed by atoms with Gasteiger partial charge in [-0.1, -0.05) is 13.3 Å². The average molecular weight is 232 g/mol. The summed E-state index contributed by atoms with van der Waals surface area (Å²) < 4.78 is 9.76. The summed E-state index contributed by atoms with van der Waals surface area (Å²) in [6, 6.07) is 0. The molecule has 3 heteroatoms. The molecular weight excluding hydrogens is 204 g/mol. The van der Waals surface area contributed by atoms with Crippen LogP contribution in [0.5, 0.6) is 0 Å². The summed E-state index contributed by atoms with van der Waals surface area (Å²) in [4.78, 5) is 10.4. The summed E-state index contributed by atoms with van der Waals surface area (Å²) >= 11 is 0. The molecular formula is C13H28O3. The van der Waals surface area contributed by atoms with Crippen molar-refractivity contribution in [2.24, 2.45) is 0 Å². The standard InChI is InChI=1S/C8H16O2.C5H12O/c1-8(9)6-4-3-5-7-10-2;1-4-5(2)6-3/h3-7H2,1-2H3;5H,4H2,1-3H3. The van der Waals surface area contributed by atoms with Crippen LogP contribution in [0.3, 0.4) is 0 Å². The Morgan fingerprint density at radius 2 is 1.81 bits per heavy atom. The van der Waals surface area contributed by atoms with E-state index < -0.39 is 0 Å². The summed E-state index contributed by atoms with van der Waals surface area (Å²) in [7, 11) is 3.43. The first kappa shape index (κ1) is 18.0. The summed E-state index contributed by atoms with van der Waals surface area (Å²) in [5.74, 6) is 0.289. The van der Waals surface area contributed by atoms with Gasteiger partial charge in [0.2, 0.25) is 0 Å². The van der Waals surface area contributed by atoms with Crippen molar-refractivity contribution < 1.29 is 14.3 Å². The van der Waals surface area contributed by atoms with E-state index in [1.54, 1.807) is 21.1 Å². The number of carbonyl (C=O) groups is 1. The van der Waals surface area contributed by atoms with Gasteiger partial charge in [-0.15, -0.1) is 0 Å². The Hall–Kier alpha value is -0.410. The van der Waals surface area contributed by atoms with Crippen LogP contribution in [0.25, 0.3) is 0 Å². The molecule has 0 fully saturated rings. The van der Waals surface area contributed by atoms with Gasteiger partial charge in [-0.3, -0.25) is 0 Å². The summed E-state index contributed by atoms with van der Waals surface area (Å²) in [6.45, 7) is 6.61. The van der Waals surface area contributed by atoms with Crippen LogP contribution in [-0.2, 0) is 14.3 Å². The zero-order valence-corrected chi connectivity index (χ0v) is 11.5. The van der Waals surface area contributed by atoms with Crippen LogP contribution in [0.4, 0.5) is 0 Å². The second-order valence-electron chi connectivity index (χ2n) is 3.96. The van der Waals surface area contributed by atoms with Crippen LogP contribution in [0.1, 0.15) is 52.9 Å². The Kier molecular flexibility index (Phi) is 16.4. The Morgan fingerprint density at radius 3 is 2.12 bits per heavy atom. The maximum atomic E-state index is 10.4. The van der Waals surface area contributed by atoms with Crippen LogP contribution in [0.2, 0.25) is 0 Å². The van der Waals surface area contributed by atoms with E-state index in [2.05, 4.69) is 13.8 Å². The summed E-state index contributed by atoms with van der Waals surface area (Å²) in [5.41, 5.74) is 0. The molecule has 0 aromatic carbocycles. The van der Waals surface area contributed by atoms with Gasteiger partial charge in [-0.05, 0) is 33.1 Å². The van der Waals surface area contributed by atoms with Gasteiger partial charge >= 0.3 is 0 Å². The zero-order chi connectivity index (χ0) is 12.8. The maximum Gasteiger partial charge on any atom is 0.129 e. The van der Waals surface area contributed by atoms with Gasteiger partial charge in [0, 0.05) is 27.2 Å². The fraction of sp³-hybridized carbons (Fsp3) is 0.923. The third-order valence-electron chi connectivity index (χ3n) is 2.35. The van der Waals surface area contributed by atoms with Gasteiger partial charge in [-0.25, -0.2) is 0 Å². The number of rotatable bonds is 8. The smallest absolute Gasteiger partial charge is 0.129 e. The molecule has 0 amide bonds. The normalized spacial score (nSPS) is 11.6. The molecule has 0 bridgehead atoms. The molecule has 1 atom stereocenters. The van der Waals surface area contributed by atoms with Crippen molar-refractivity contribution in [3.8, 4) is 0 Å². The Labute approximate surface area is 101 Å². The summed E-state index contributed by atoms with van der Waals surface area (Å²) in [6.07, 6.45) is 5.46. The van der Waals surface area contributed by atoms with E-state index in [1.807, 2.05) is 0 Å². The van der Waals surface area contributed by atoms with Crippen LogP contribution in [0, 0.1) is 0 Å². The number of ether oxygens (including phenoxy) is 2. The lowest BCUT2D eigenvalue weighted by molar-refractivity contribution is -0.117. The lowest BCUT2D eigenvalue weighted by atomic mass is 10.1. The molecule has 0 saturated heterocycles. The molecule has 16 heavy (non-hydrogen) atoms. The molecule has 0 heterocycles. The van der Waals surface area contributed by atoms with Gasteiger partial charge in [0.1, 0.15) is 5.78 Å². The predicted octanol–water partition coefficient (Wildman–Crippen LogP) is 3.21. The first-order chi connectivity index (χ1) is 7.58. The Morgan fingerprint density at radius 1 is 1.19 bits per heavy atom. The third-order valence-corrected chi connectivity index (χ3v) is 2.35. The van der Waals surface area contributed by atoms with Crippen molar-refractivity contribution in [2.75, 3.05) is 20.8 Å². The zero-order valence-electron chi connectivity index (χ0n) is 11.5. The molecule has 0 rings (SSSR count). The molecule has 0 aliphatic carbocycles. The lowest BCUT2D eigenvalue weighted by Gasteiger charge is -2.01. The number of carbonyl (C=O) groups excluding carboxylic acids is 1. The Balaban J connectivity index is 0. The second-order valence-corrected chi connectivity index (χ2v) is 3.96. The minimum atomic E-state index is 0.289. The molecule has 0 spiro atoms. The van der Waals surface area contributed by atoms with Gasteiger partial charge in [0.05, 0.1) is 6.10 Å². The molecule has 0 saturated carbocycles. The Bertz CT molecular complexity index is 142. The number of hydrogen-bond donors (Lipinski definition) is 0. The van der Waals surface area contributed by atoms with Crippen LogP contribution in [-0.4, -0.2) is 32.7 Å². The van der Waals surface area contributed by atoms with E-state index in [0.29, 0.717) is 6.10 Å². The fourth-order valence-electron chi connectivity index (χ4n) is 0.964. The topological polar surface area (TPSA) is 35.5 Å². The van der Waals surface area contributed by atoms with Crippen molar-refractivity contribution in [3.63, 3.8) is 0 Å². The quantitative estimate of drug-likeness (QED) is 0.603. The minimum absolute atomic E-state index is 0.289. The average Bonchev–Trinajstić information content (AvgIpc) is 2.28. The van der Waals surface area contributed by atoms with E-state index >= 15 is 0 Å². The minimum Gasteiger partial charge on any atom is -0.385 e. The van der Waals surface area contributed by atoms with Crippen molar-refractivity contribution >= 4 is 5.78 Å². The second kappa shape index (κ2) is 14.6. The molecule has 0 aliphatic heterocycles. The SMILES string of the molecule is CCC(C)OC.COCCCCCC(C)=O. The van der Waals surface area contributed by atoms with Crippen molar-refractivity contribution in [2.45, 2.75) is 59.0 Å². The van der Waals surface area contributed by atoms with Gasteiger partial charge in [0.15, 0.2) is 0 Å². The molecule has 98 valence electrons. The van der Waals surface area contributed by atoms with E-state index in [1.165, 1.54) is 0 Å². The van der Waals surface area contributed by atoms with E-state index in [4.69, 9.17) is 9.47 Å². The number of hydrogen-bond acceptors (Lipinski definition) is 3. The first-order valence-electron chi connectivity index (χ1n) is 6.09. The van der Waals surface area contributed by atoms with Crippen molar-refractivity contribution in [3.05, 3.63) is 0 Å². The number of ketones is 1. The van der Waals surface area contributed by atoms with Crippen LogP contribution >= 0.6 is 0 Å². The van der Waals surface area contributed by atoms with Crippen LogP contribution in [0.15, 0.2) is 0 Å². The predicted molar refractivity (Wildman–Crippen MR) is 67.8 cm³/mol. The van der Waals surface area contributed by atoms with Crippen LogP contribution < -0.4 is 0 Å². The maximum absolute atomic E-state index is 10.4. The first-order valence-corrected chi connectivity index (χ1v) is 6.09. The highest BCUT2D eigenvalue weighted by atomic mass is 16.5. The molecule has 0 aromatic rings. The van der Waals surface area contributed by atoms with E-state index in [-0.39, 0.29) is 5.78 Å².